The number of rotatable bonds is 5. The van der Waals surface area contributed by atoms with Gasteiger partial charge in [0.05, 0.1) is 5.69 Å². The molecule has 4 heteroatoms. The van der Waals surface area contributed by atoms with E-state index in [2.05, 4.69) is 34.7 Å². The SMILES string of the molecule is Cc1cc(NCCc2ccccc2CN)n(C)n1. The smallest absolute Gasteiger partial charge is 0.124 e. The van der Waals surface area contributed by atoms with E-state index in [0.29, 0.717) is 6.54 Å². The van der Waals surface area contributed by atoms with Gasteiger partial charge in [-0.05, 0) is 24.5 Å². The number of aryl methyl sites for hydroxylation is 2. The van der Waals surface area contributed by atoms with Crippen molar-refractivity contribution in [3.05, 3.63) is 47.2 Å². The number of benzene rings is 1. The molecule has 0 bridgehead atoms. The van der Waals surface area contributed by atoms with Crippen LogP contribution >= 0.6 is 0 Å². The van der Waals surface area contributed by atoms with E-state index >= 15 is 0 Å². The van der Waals surface area contributed by atoms with Gasteiger partial charge in [-0.3, -0.25) is 4.68 Å². The molecule has 0 radical (unpaired) electrons. The molecule has 0 atom stereocenters. The normalized spacial score (nSPS) is 10.6. The minimum Gasteiger partial charge on any atom is -0.370 e. The van der Waals surface area contributed by atoms with Gasteiger partial charge in [0.25, 0.3) is 0 Å². The molecule has 0 aliphatic rings. The third kappa shape index (κ3) is 2.90. The summed E-state index contributed by atoms with van der Waals surface area (Å²) in [6, 6.07) is 10.4. The Morgan fingerprint density at radius 2 is 2.00 bits per heavy atom. The van der Waals surface area contributed by atoms with Crippen LogP contribution in [0.4, 0.5) is 5.82 Å². The molecule has 0 saturated carbocycles. The summed E-state index contributed by atoms with van der Waals surface area (Å²) in [5.74, 6) is 1.05. The fourth-order valence-corrected chi connectivity index (χ4v) is 2.10. The van der Waals surface area contributed by atoms with E-state index in [1.165, 1.54) is 11.1 Å². The summed E-state index contributed by atoms with van der Waals surface area (Å²) in [7, 11) is 1.95. The Hall–Kier alpha value is -1.81. The molecule has 0 aliphatic carbocycles. The molecule has 2 aromatic rings. The lowest BCUT2D eigenvalue weighted by molar-refractivity contribution is 0.757. The van der Waals surface area contributed by atoms with E-state index in [4.69, 9.17) is 5.73 Å². The van der Waals surface area contributed by atoms with Crippen molar-refractivity contribution in [2.45, 2.75) is 19.9 Å². The highest BCUT2D eigenvalue weighted by Crippen LogP contribution is 2.11. The zero-order valence-corrected chi connectivity index (χ0v) is 11.0. The van der Waals surface area contributed by atoms with Crippen LogP contribution in [0.5, 0.6) is 0 Å². The highest BCUT2D eigenvalue weighted by Gasteiger charge is 2.02. The highest BCUT2D eigenvalue weighted by molar-refractivity contribution is 5.37. The number of nitrogens with zero attached hydrogens (tertiary/aromatic N) is 2. The van der Waals surface area contributed by atoms with Crippen LogP contribution in [0.15, 0.2) is 30.3 Å². The largest absolute Gasteiger partial charge is 0.370 e. The molecular weight excluding hydrogens is 224 g/mol. The maximum atomic E-state index is 5.73. The molecule has 1 aromatic heterocycles. The van der Waals surface area contributed by atoms with Gasteiger partial charge in [0.2, 0.25) is 0 Å². The molecule has 0 amide bonds. The number of nitrogens with one attached hydrogen (secondary N) is 1. The predicted octanol–water partition coefficient (Wildman–Crippen LogP) is 1.84. The fraction of sp³-hybridized carbons (Fsp3) is 0.357. The third-order valence-corrected chi connectivity index (χ3v) is 3.04. The average Bonchev–Trinajstić information content (AvgIpc) is 2.68. The van der Waals surface area contributed by atoms with Gasteiger partial charge in [-0.25, -0.2) is 0 Å². The Bertz CT molecular complexity index is 516. The van der Waals surface area contributed by atoms with Crippen molar-refractivity contribution in [3.63, 3.8) is 0 Å². The molecule has 0 saturated heterocycles. The Morgan fingerprint density at radius 1 is 1.28 bits per heavy atom. The maximum Gasteiger partial charge on any atom is 0.124 e. The summed E-state index contributed by atoms with van der Waals surface area (Å²) in [6.07, 6.45) is 0.970. The second-order valence-corrected chi connectivity index (χ2v) is 4.44. The monoisotopic (exact) mass is 244 g/mol. The molecule has 18 heavy (non-hydrogen) atoms. The fourth-order valence-electron chi connectivity index (χ4n) is 2.10. The first-order valence-corrected chi connectivity index (χ1v) is 6.22. The van der Waals surface area contributed by atoms with Crippen molar-refractivity contribution in [1.82, 2.24) is 9.78 Å². The number of anilines is 1. The van der Waals surface area contributed by atoms with E-state index in [-0.39, 0.29) is 0 Å². The molecular formula is C14H20N4. The Labute approximate surface area is 108 Å². The standard InChI is InChI=1S/C14H20N4/c1-11-9-14(18(2)17-11)16-8-7-12-5-3-4-6-13(12)10-15/h3-6,9,16H,7-8,10,15H2,1-2H3. The lowest BCUT2D eigenvalue weighted by Gasteiger charge is -2.09. The number of hydrogen-bond acceptors (Lipinski definition) is 3. The van der Waals surface area contributed by atoms with Gasteiger partial charge in [-0.1, -0.05) is 24.3 Å². The molecule has 0 spiro atoms. The van der Waals surface area contributed by atoms with Gasteiger partial charge < -0.3 is 11.1 Å². The van der Waals surface area contributed by atoms with Crippen LogP contribution in [0.25, 0.3) is 0 Å². The summed E-state index contributed by atoms with van der Waals surface area (Å²) in [4.78, 5) is 0. The molecule has 0 fully saturated rings. The van der Waals surface area contributed by atoms with E-state index in [1.807, 2.05) is 24.7 Å². The topological polar surface area (TPSA) is 55.9 Å². The lowest BCUT2D eigenvalue weighted by atomic mass is 10.0. The molecule has 4 nitrogen and oxygen atoms in total. The van der Waals surface area contributed by atoms with Crippen molar-refractivity contribution in [2.75, 3.05) is 11.9 Å². The van der Waals surface area contributed by atoms with E-state index < -0.39 is 0 Å². The zero-order chi connectivity index (χ0) is 13.0. The number of aromatic nitrogens is 2. The summed E-state index contributed by atoms with van der Waals surface area (Å²) < 4.78 is 1.87. The van der Waals surface area contributed by atoms with Gasteiger partial charge in [0.15, 0.2) is 0 Å². The maximum absolute atomic E-state index is 5.73. The minimum atomic E-state index is 0.598. The predicted molar refractivity (Wildman–Crippen MR) is 74.5 cm³/mol. The first kappa shape index (κ1) is 12.6. The second kappa shape index (κ2) is 5.69. The van der Waals surface area contributed by atoms with Crippen molar-refractivity contribution in [2.24, 2.45) is 12.8 Å². The van der Waals surface area contributed by atoms with Crippen molar-refractivity contribution in [3.8, 4) is 0 Å². The summed E-state index contributed by atoms with van der Waals surface area (Å²) >= 11 is 0. The second-order valence-electron chi connectivity index (χ2n) is 4.44. The van der Waals surface area contributed by atoms with Gasteiger partial charge in [0, 0.05) is 26.2 Å². The summed E-state index contributed by atoms with van der Waals surface area (Å²) in [5, 5.41) is 7.70. The average molecular weight is 244 g/mol. The summed E-state index contributed by atoms with van der Waals surface area (Å²) in [6.45, 7) is 3.48. The quantitative estimate of drug-likeness (QED) is 0.844. The molecule has 3 N–H and O–H groups in total. The zero-order valence-electron chi connectivity index (χ0n) is 11.0. The van der Waals surface area contributed by atoms with Gasteiger partial charge in [0.1, 0.15) is 5.82 Å². The van der Waals surface area contributed by atoms with Crippen LogP contribution in [0.1, 0.15) is 16.8 Å². The van der Waals surface area contributed by atoms with Crippen LogP contribution in [0.3, 0.4) is 0 Å². The molecule has 1 aromatic carbocycles. The summed E-state index contributed by atoms with van der Waals surface area (Å²) in [5.41, 5.74) is 9.29. The minimum absolute atomic E-state index is 0.598. The Balaban J connectivity index is 1.94. The molecule has 1 heterocycles. The van der Waals surface area contributed by atoms with Crippen LogP contribution in [-0.2, 0) is 20.0 Å². The molecule has 0 unspecified atom stereocenters. The van der Waals surface area contributed by atoms with E-state index in [0.717, 1.165) is 24.5 Å². The van der Waals surface area contributed by atoms with Gasteiger partial charge in [-0.15, -0.1) is 0 Å². The van der Waals surface area contributed by atoms with Crippen LogP contribution in [0, 0.1) is 6.92 Å². The molecule has 2 rings (SSSR count). The molecule has 0 aliphatic heterocycles. The highest BCUT2D eigenvalue weighted by atomic mass is 15.3. The Kier molecular flexibility index (Phi) is 3.99. The van der Waals surface area contributed by atoms with Crippen LogP contribution < -0.4 is 11.1 Å². The number of hydrogen-bond donors (Lipinski definition) is 2. The lowest BCUT2D eigenvalue weighted by Crippen LogP contribution is -2.10. The van der Waals surface area contributed by atoms with Crippen molar-refractivity contribution < 1.29 is 0 Å². The van der Waals surface area contributed by atoms with Gasteiger partial charge in [-0.2, -0.15) is 5.10 Å². The van der Waals surface area contributed by atoms with E-state index in [1.54, 1.807) is 0 Å². The van der Waals surface area contributed by atoms with Crippen molar-refractivity contribution in [1.29, 1.82) is 0 Å². The Morgan fingerprint density at radius 3 is 2.61 bits per heavy atom. The van der Waals surface area contributed by atoms with Crippen LogP contribution in [-0.4, -0.2) is 16.3 Å². The first-order valence-electron chi connectivity index (χ1n) is 6.22. The number of nitrogens with two attached hydrogens (primary N) is 1. The third-order valence-electron chi connectivity index (χ3n) is 3.04. The van der Waals surface area contributed by atoms with Gasteiger partial charge >= 0.3 is 0 Å². The van der Waals surface area contributed by atoms with Crippen LogP contribution in [0.2, 0.25) is 0 Å². The first-order chi connectivity index (χ1) is 8.70. The molecule has 96 valence electrons. The van der Waals surface area contributed by atoms with E-state index in [9.17, 15) is 0 Å². The van der Waals surface area contributed by atoms with Crippen molar-refractivity contribution >= 4 is 5.82 Å².